The highest BCUT2D eigenvalue weighted by Crippen LogP contribution is 2.42. The molecule has 0 radical (unpaired) electrons. The molecule has 10 heteroatoms. The highest BCUT2D eigenvalue weighted by atomic mass is 32.2. The third-order valence-electron chi connectivity index (χ3n) is 7.49. The van der Waals surface area contributed by atoms with Gasteiger partial charge in [-0.3, -0.25) is 9.69 Å². The van der Waals surface area contributed by atoms with E-state index in [2.05, 4.69) is 26.0 Å². The molecule has 0 spiro atoms. The lowest BCUT2D eigenvalue weighted by molar-refractivity contribution is -0.114. The molecule has 3 aliphatic rings. The fraction of sp³-hybridized carbons (Fsp3) is 0.393. The van der Waals surface area contributed by atoms with Crippen LogP contribution in [-0.2, 0) is 14.8 Å². The number of ether oxygens (including phenoxy) is 1. The zero-order chi connectivity index (χ0) is 26.9. The molecular formula is C28H33N5O4S. The number of carbonyl (C=O) groups excluding carboxylic acids is 1. The van der Waals surface area contributed by atoms with Crippen LogP contribution in [0.1, 0.15) is 37.2 Å². The summed E-state index contributed by atoms with van der Waals surface area (Å²) >= 11 is 0. The third-order valence-corrected chi connectivity index (χ3v) is 8.93. The van der Waals surface area contributed by atoms with Crippen molar-refractivity contribution in [1.29, 1.82) is 0 Å². The molecule has 6 rings (SSSR count). The highest BCUT2D eigenvalue weighted by Gasteiger charge is 2.41. The van der Waals surface area contributed by atoms with Gasteiger partial charge in [-0.05, 0) is 74.7 Å². The van der Waals surface area contributed by atoms with Crippen LogP contribution >= 0.6 is 0 Å². The van der Waals surface area contributed by atoms with Crippen molar-refractivity contribution >= 4 is 21.6 Å². The van der Waals surface area contributed by atoms with Crippen molar-refractivity contribution in [2.45, 2.75) is 43.5 Å². The molecule has 3 aliphatic heterocycles. The summed E-state index contributed by atoms with van der Waals surface area (Å²) in [5, 5.41) is 2.65. The second-order valence-electron chi connectivity index (χ2n) is 10.0. The number of aryl methyl sites for hydroxylation is 1. The first-order valence-electron chi connectivity index (χ1n) is 12.8. The molecule has 4 unspecified atom stereocenters. The number of hydrogen-bond donors (Lipinski definition) is 2. The number of hydrogen-bond acceptors (Lipinski definition) is 7. The zero-order valence-electron chi connectivity index (χ0n) is 21.8. The number of rotatable bonds is 8. The predicted molar refractivity (Wildman–Crippen MR) is 146 cm³/mol. The van der Waals surface area contributed by atoms with Gasteiger partial charge >= 0.3 is 0 Å². The Kier molecular flexibility index (Phi) is 7.47. The molecule has 2 N–H and O–H groups in total. The SMILES string of the molecule is COc1ccccc1-c1cc(C2CN3CCC2CC3CNS(=O)(=O)c2ccc(NC(C)=O)cc2)nc(C)n1. The fourth-order valence-corrected chi connectivity index (χ4v) is 6.74. The minimum Gasteiger partial charge on any atom is -0.496 e. The average Bonchev–Trinajstić information content (AvgIpc) is 2.92. The number of aromatic nitrogens is 2. The molecule has 200 valence electrons. The van der Waals surface area contributed by atoms with Crippen molar-refractivity contribution in [1.82, 2.24) is 19.6 Å². The molecule has 0 aliphatic carbocycles. The second kappa shape index (κ2) is 10.8. The summed E-state index contributed by atoms with van der Waals surface area (Å²) < 4.78 is 34.2. The van der Waals surface area contributed by atoms with E-state index in [0.29, 0.717) is 18.2 Å². The van der Waals surface area contributed by atoms with Gasteiger partial charge < -0.3 is 10.1 Å². The largest absolute Gasteiger partial charge is 0.496 e. The van der Waals surface area contributed by atoms with Gasteiger partial charge in [-0.1, -0.05) is 12.1 Å². The van der Waals surface area contributed by atoms with Crippen molar-refractivity contribution < 1.29 is 17.9 Å². The summed E-state index contributed by atoms with van der Waals surface area (Å²) in [4.78, 5) is 23.3. The van der Waals surface area contributed by atoms with Gasteiger partial charge in [0.25, 0.3) is 0 Å². The second-order valence-corrected chi connectivity index (χ2v) is 11.8. The molecule has 3 fully saturated rings. The molecular weight excluding hydrogens is 502 g/mol. The van der Waals surface area contributed by atoms with Crippen LogP contribution < -0.4 is 14.8 Å². The number of nitrogens with zero attached hydrogens (tertiary/aromatic N) is 3. The van der Waals surface area contributed by atoms with E-state index < -0.39 is 10.0 Å². The van der Waals surface area contributed by atoms with E-state index in [1.807, 2.05) is 31.2 Å². The number of sulfonamides is 1. The standard InChI is InChI=1S/C28H33N5O4S/c1-18-30-26(24-6-4-5-7-28(24)37-3)15-27(31-18)25-17-33-13-12-20(25)14-22(33)16-29-38(35,36)23-10-8-21(9-11-23)32-19(2)34/h4-11,15,20,22,25,29H,12-14,16-17H2,1-3H3,(H,32,34). The molecule has 4 heterocycles. The molecule has 1 aromatic heterocycles. The molecule has 2 aromatic carbocycles. The lowest BCUT2D eigenvalue weighted by Gasteiger charge is -2.49. The summed E-state index contributed by atoms with van der Waals surface area (Å²) in [6.45, 7) is 5.47. The minimum absolute atomic E-state index is 0.134. The number of methoxy groups -OCH3 is 1. The molecule has 1 amide bonds. The van der Waals surface area contributed by atoms with Crippen molar-refractivity contribution in [2.24, 2.45) is 5.92 Å². The van der Waals surface area contributed by atoms with Crippen molar-refractivity contribution in [2.75, 3.05) is 32.1 Å². The number of carbonyl (C=O) groups is 1. The van der Waals surface area contributed by atoms with Gasteiger partial charge in [-0.2, -0.15) is 0 Å². The number of anilines is 1. The average molecular weight is 536 g/mol. The van der Waals surface area contributed by atoms with Crippen LogP contribution in [0.3, 0.4) is 0 Å². The normalized spacial score (nSPS) is 22.7. The first-order chi connectivity index (χ1) is 18.2. The number of fused-ring (bicyclic) bond motifs is 3. The first-order valence-corrected chi connectivity index (χ1v) is 14.3. The Hall–Kier alpha value is -3.34. The van der Waals surface area contributed by atoms with Gasteiger partial charge in [0.05, 0.1) is 17.7 Å². The summed E-state index contributed by atoms with van der Waals surface area (Å²) in [6, 6.07) is 16.3. The van der Waals surface area contributed by atoms with E-state index in [1.54, 1.807) is 19.2 Å². The quantitative estimate of drug-likeness (QED) is 0.453. The molecule has 9 nitrogen and oxygen atoms in total. The van der Waals surface area contributed by atoms with E-state index in [4.69, 9.17) is 9.72 Å². The monoisotopic (exact) mass is 535 g/mol. The van der Waals surface area contributed by atoms with Crippen molar-refractivity contribution in [3.05, 3.63) is 66.1 Å². The highest BCUT2D eigenvalue weighted by molar-refractivity contribution is 7.89. The number of benzene rings is 2. The van der Waals surface area contributed by atoms with E-state index in [1.165, 1.54) is 19.1 Å². The Morgan fingerprint density at radius 3 is 2.58 bits per heavy atom. The number of para-hydroxylation sites is 1. The van der Waals surface area contributed by atoms with Gasteiger partial charge in [-0.15, -0.1) is 0 Å². The fourth-order valence-electron chi connectivity index (χ4n) is 5.67. The first kappa shape index (κ1) is 26.3. The maximum Gasteiger partial charge on any atom is 0.240 e. The Bertz CT molecular complexity index is 1430. The summed E-state index contributed by atoms with van der Waals surface area (Å²) in [6.07, 6.45) is 1.97. The Balaban J connectivity index is 1.27. The molecule has 3 aromatic rings. The Morgan fingerprint density at radius 1 is 1.13 bits per heavy atom. The topological polar surface area (TPSA) is 114 Å². The summed E-state index contributed by atoms with van der Waals surface area (Å²) in [5.74, 6) is 2.00. The summed E-state index contributed by atoms with van der Waals surface area (Å²) in [7, 11) is -1.99. The number of nitrogens with one attached hydrogen (secondary N) is 2. The van der Waals surface area contributed by atoms with Gasteiger partial charge in [0, 0.05) is 48.9 Å². The van der Waals surface area contributed by atoms with Crippen LogP contribution in [0.2, 0.25) is 0 Å². The van der Waals surface area contributed by atoms with Crippen LogP contribution in [-0.4, -0.2) is 62.0 Å². The number of amides is 1. The van der Waals surface area contributed by atoms with E-state index in [-0.39, 0.29) is 22.8 Å². The lowest BCUT2D eigenvalue weighted by Crippen LogP contribution is -2.56. The van der Waals surface area contributed by atoms with Crippen molar-refractivity contribution in [3.63, 3.8) is 0 Å². The van der Waals surface area contributed by atoms with Crippen LogP contribution in [0.5, 0.6) is 5.75 Å². The van der Waals surface area contributed by atoms with Crippen LogP contribution in [0, 0.1) is 12.8 Å². The molecule has 3 saturated heterocycles. The minimum atomic E-state index is -3.66. The van der Waals surface area contributed by atoms with E-state index in [9.17, 15) is 13.2 Å². The van der Waals surface area contributed by atoms with Crippen molar-refractivity contribution in [3.8, 4) is 17.0 Å². The molecule has 2 bridgehead atoms. The number of piperidine rings is 3. The maximum absolute atomic E-state index is 12.9. The van der Waals surface area contributed by atoms with Gasteiger partial charge in [-0.25, -0.2) is 23.1 Å². The Labute approximate surface area is 223 Å². The predicted octanol–water partition coefficient (Wildman–Crippen LogP) is 3.58. The zero-order valence-corrected chi connectivity index (χ0v) is 22.7. The Morgan fingerprint density at radius 2 is 1.89 bits per heavy atom. The van der Waals surface area contributed by atoms with Crippen LogP contribution in [0.4, 0.5) is 5.69 Å². The van der Waals surface area contributed by atoms with E-state index in [0.717, 1.165) is 54.5 Å². The smallest absolute Gasteiger partial charge is 0.240 e. The van der Waals surface area contributed by atoms with Gasteiger partial charge in [0.1, 0.15) is 11.6 Å². The third kappa shape index (κ3) is 5.57. The molecule has 0 saturated carbocycles. The molecule has 4 atom stereocenters. The van der Waals surface area contributed by atoms with Crippen LogP contribution in [0.15, 0.2) is 59.5 Å². The van der Waals surface area contributed by atoms with E-state index >= 15 is 0 Å². The van der Waals surface area contributed by atoms with Gasteiger partial charge in [0.2, 0.25) is 15.9 Å². The lowest BCUT2D eigenvalue weighted by atomic mass is 9.74. The van der Waals surface area contributed by atoms with Gasteiger partial charge in [0.15, 0.2) is 0 Å². The molecule has 38 heavy (non-hydrogen) atoms. The maximum atomic E-state index is 12.9. The van der Waals surface area contributed by atoms with Crippen LogP contribution in [0.25, 0.3) is 11.3 Å². The summed E-state index contributed by atoms with van der Waals surface area (Å²) in [5.41, 5.74) is 3.40.